The Morgan fingerprint density at radius 2 is 1.39 bits per heavy atom. The topological polar surface area (TPSA) is 98.4 Å². The molecule has 0 aromatic carbocycles. The van der Waals surface area contributed by atoms with Gasteiger partial charge in [0.1, 0.15) is 22.5 Å². The van der Waals surface area contributed by atoms with E-state index in [1.165, 1.54) is 11.3 Å². The highest BCUT2D eigenvalue weighted by molar-refractivity contribution is 7.12. The van der Waals surface area contributed by atoms with Crippen LogP contribution in [-0.2, 0) is 9.59 Å². The van der Waals surface area contributed by atoms with Gasteiger partial charge in [-0.2, -0.15) is 5.26 Å². The van der Waals surface area contributed by atoms with Crippen LogP contribution in [0.15, 0.2) is 34.8 Å². The molecule has 5 nitrogen and oxygen atoms in total. The van der Waals surface area contributed by atoms with E-state index in [0.717, 1.165) is 0 Å². The number of hydrogen-bond donors (Lipinski definition) is 2. The predicted molar refractivity (Wildman–Crippen MR) is 107 cm³/mol. The van der Waals surface area contributed by atoms with Crippen LogP contribution in [0, 0.1) is 22.2 Å². The number of carbonyl (C=O) groups is 2. The van der Waals surface area contributed by atoms with E-state index < -0.39 is 5.92 Å². The zero-order chi connectivity index (χ0) is 20.9. The number of rotatable bonds is 3. The van der Waals surface area contributed by atoms with Crippen LogP contribution >= 0.6 is 11.3 Å². The molecule has 0 atom stereocenters. The summed E-state index contributed by atoms with van der Waals surface area (Å²) < 4.78 is 0. The van der Waals surface area contributed by atoms with Gasteiger partial charge in [0.2, 0.25) is 0 Å². The Hall–Kier alpha value is -2.39. The average molecular weight is 400 g/mol. The molecular weight excluding hydrogens is 374 g/mol. The lowest BCUT2D eigenvalue weighted by molar-refractivity contribution is -0.119. The molecule has 0 unspecified atom stereocenters. The second-order valence-corrected chi connectivity index (χ2v) is 10.5. The number of aliphatic hydroxyl groups is 2. The lowest BCUT2D eigenvalue weighted by Gasteiger charge is -2.36. The van der Waals surface area contributed by atoms with Gasteiger partial charge in [-0.25, -0.2) is 0 Å². The van der Waals surface area contributed by atoms with Gasteiger partial charge in [0.15, 0.2) is 11.6 Å². The van der Waals surface area contributed by atoms with E-state index in [2.05, 4.69) is 6.07 Å². The van der Waals surface area contributed by atoms with Crippen molar-refractivity contribution in [3.8, 4) is 6.07 Å². The summed E-state index contributed by atoms with van der Waals surface area (Å²) in [5, 5.41) is 30.7. The van der Waals surface area contributed by atoms with Crippen molar-refractivity contribution >= 4 is 22.9 Å². The van der Waals surface area contributed by atoms with Crippen LogP contribution in [0.2, 0.25) is 0 Å². The normalized spacial score (nSPS) is 22.0. The minimum absolute atomic E-state index is 0.0314. The largest absolute Gasteiger partial charge is 0.512 e. The molecule has 0 bridgehead atoms. The summed E-state index contributed by atoms with van der Waals surface area (Å²) in [6.07, 6.45) is 1.17. The first-order valence-electron chi connectivity index (χ1n) is 9.34. The van der Waals surface area contributed by atoms with Gasteiger partial charge in [-0.1, -0.05) is 27.7 Å². The zero-order valence-electron chi connectivity index (χ0n) is 16.6. The molecule has 1 heterocycles. The van der Waals surface area contributed by atoms with E-state index >= 15 is 0 Å². The number of aliphatic hydroxyl groups excluding tert-OH is 2. The van der Waals surface area contributed by atoms with Crippen molar-refractivity contribution < 1.29 is 19.8 Å². The molecule has 0 saturated heterocycles. The van der Waals surface area contributed by atoms with Crippen LogP contribution in [0.1, 0.15) is 69.1 Å². The van der Waals surface area contributed by atoms with Gasteiger partial charge in [-0.3, -0.25) is 9.59 Å². The van der Waals surface area contributed by atoms with Crippen molar-refractivity contribution in [3.05, 3.63) is 44.6 Å². The second kappa shape index (κ2) is 6.89. The first-order valence-corrected chi connectivity index (χ1v) is 10.2. The third kappa shape index (κ3) is 3.77. The molecule has 3 rings (SSSR count). The van der Waals surface area contributed by atoms with Gasteiger partial charge in [0, 0.05) is 41.7 Å². The van der Waals surface area contributed by atoms with Crippen LogP contribution < -0.4 is 0 Å². The third-order valence-corrected chi connectivity index (χ3v) is 6.45. The van der Waals surface area contributed by atoms with Crippen molar-refractivity contribution in [2.45, 2.75) is 59.3 Å². The number of nitrogens with zero attached hydrogens (tertiary/aromatic N) is 1. The Kier molecular flexibility index (Phi) is 5.01. The van der Waals surface area contributed by atoms with E-state index in [-0.39, 0.29) is 57.9 Å². The van der Waals surface area contributed by atoms with Gasteiger partial charge >= 0.3 is 0 Å². The van der Waals surface area contributed by atoms with E-state index in [0.29, 0.717) is 22.6 Å². The molecule has 28 heavy (non-hydrogen) atoms. The summed E-state index contributed by atoms with van der Waals surface area (Å²) in [5.41, 5.74) is -0.366. The molecule has 0 fully saturated rings. The second-order valence-electron chi connectivity index (χ2n) is 9.35. The first-order chi connectivity index (χ1) is 12.9. The summed E-state index contributed by atoms with van der Waals surface area (Å²) in [7, 11) is 0. The van der Waals surface area contributed by atoms with E-state index in [1.807, 2.05) is 27.7 Å². The van der Waals surface area contributed by atoms with Crippen molar-refractivity contribution in [2.75, 3.05) is 0 Å². The van der Waals surface area contributed by atoms with Gasteiger partial charge < -0.3 is 10.2 Å². The van der Waals surface area contributed by atoms with E-state index in [1.54, 1.807) is 12.1 Å². The number of hydrogen-bond acceptors (Lipinski definition) is 6. The molecule has 148 valence electrons. The zero-order valence-corrected chi connectivity index (χ0v) is 17.4. The number of Topliss-reactive ketones (excluding diaryl/α,β-unsaturated/α-hetero) is 2. The molecule has 1 aromatic heterocycles. The minimum Gasteiger partial charge on any atom is -0.512 e. The molecule has 2 N–H and O–H groups in total. The lowest BCUT2D eigenvalue weighted by atomic mass is 9.68. The first kappa shape index (κ1) is 20.3. The maximum atomic E-state index is 13.0. The van der Waals surface area contributed by atoms with Crippen LogP contribution in [-0.4, -0.2) is 21.8 Å². The standard InChI is InChI=1S/C22H25NO4S/c1-21(2)7-13(24)18(14(25)8-21)20(17-6-5-12(11-23)28-17)19-15(26)9-22(3,4)10-16(19)27/h5-6,20,24,26H,7-10H2,1-4H3. The highest BCUT2D eigenvalue weighted by atomic mass is 32.1. The molecule has 6 heteroatoms. The van der Waals surface area contributed by atoms with E-state index in [9.17, 15) is 25.1 Å². The lowest BCUT2D eigenvalue weighted by Crippen LogP contribution is -2.33. The smallest absolute Gasteiger partial charge is 0.163 e. The fourth-order valence-corrected chi connectivity index (χ4v) is 5.18. The fraction of sp³-hybridized carbons (Fsp3) is 0.500. The molecule has 0 saturated carbocycles. The van der Waals surface area contributed by atoms with Crippen molar-refractivity contribution in [1.82, 2.24) is 0 Å². The molecular formula is C22H25NO4S. The van der Waals surface area contributed by atoms with Crippen LogP contribution in [0.3, 0.4) is 0 Å². The average Bonchev–Trinajstić information content (AvgIpc) is 2.98. The summed E-state index contributed by atoms with van der Waals surface area (Å²) in [6.45, 7) is 7.65. The quantitative estimate of drug-likeness (QED) is 0.736. The summed E-state index contributed by atoms with van der Waals surface area (Å²) in [5.74, 6) is -1.33. The number of thiophene rings is 1. The fourth-order valence-electron chi connectivity index (χ4n) is 4.26. The van der Waals surface area contributed by atoms with Gasteiger partial charge in [0.05, 0.1) is 5.92 Å². The summed E-state index contributed by atoms with van der Waals surface area (Å²) in [4.78, 5) is 27.1. The molecule has 0 spiro atoms. The Bertz CT molecular complexity index is 903. The van der Waals surface area contributed by atoms with Gasteiger partial charge in [-0.05, 0) is 23.0 Å². The highest BCUT2D eigenvalue weighted by Gasteiger charge is 2.44. The van der Waals surface area contributed by atoms with Gasteiger partial charge in [0.25, 0.3) is 0 Å². The molecule has 1 aromatic rings. The van der Waals surface area contributed by atoms with Crippen LogP contribution in [0.25, 0.3) is 0 Å². The van der Waals surface area contributed by atoms with Crippen molar-refractivity contribution in [2.24, 2.45) is 10.8 Å². The minimum atomic E-state index is -0.834. The monoisotopic (exact) mass is 399 g/mol. The maximum absolute atomic E-state index is 13.0. The van der Waals surface area contributed by atoms with Gasteiger partial charge in [-0.15, -0.1) is 11.3 Å². The number of allylic oxidation sites excluding steroid dienone is 4. The number of nitriles is 1. The third-order valence-electron chi connectivity index (χ3n) is 5.39. The molecule has 0 radical (unpaired) electrons. The number of ketones is 2. The number of carbonyl (C=O) groups excluding carboxylic acids is 2. The summed E-state index contributed by atoms with van der Waals surface area (Å²) >= 11 is 1.18. The van der Waals surface area contributed by atoms with Crippen molar-refractivity contribution in [3.63, 3.8) is 0 Å². The maximum Gasteiger partial charge on any atom is 0.163 e. The molecule has 0 aliphatic heterocycles. The van der Waals surface area contributed by atoms with Crippen LogP contribution in [0.4, 0.5) is 0 Å². The predicted octanol–water partition coefficient (Wildman–Crippen LogP) is 5.11. The Morgan fingerprint density at radius 1 is 0.929 bits per heavy atom. The molecule has 0 amide bonds. The Balaban J connectivity index is 2.22. The molecule has 2 aliphatic carbocycles. The van der Waals surface area contributed by atoms with Crippen LogP contribution in [0.5, 0.6) is 0 Å². The summed E-state index contributed by atoms with van der Waals surface area (Å²) in [6, 6.07) is 5.41. The molecule has 2 aliphatic rings. The SMILES string of the molecule is CC1(C)CC(=O)C(C(C2=C(O)CC(C)(C)CC2=O)c2ccc(C#N)s2)=C(O)C1. The Morgan fingerprint density at radius 3 is 1.75 bits per heavy atom. The van der Waals surface area contributed by atoms with E-state index in [4.69, 9.17) is 0 Å². The Labute approximate surface area is 169 Å². The van der Waals surface area contributed by atoms with Crippen molar-refractivity contribution in [1.29, 1.82) is 5.26 Å². The highest BCUT2D eigenvalue weighted by Crippen LogP contribution is 2.48.